The molecule has 4 unspecified atom stereocenters. The molecule has 8 aromatic rings. The van der Waals surface area contributed by atoms with Crippen LogP contribution in [0.1, 0.15) is 49.7 Å². The second-order valence-electron chi connectivity index (χ2n) is 27.3. The number of benzene rings is 4. The molecule has 548 valence electrons. The average Bonchev–Trinajstić information content (AvgIpc) is 0.767. The van der Waals surface area contributed by atoms with Crippen molar-refractivity contribution in [2.45, 2.75) is 87.6 Å². The molecular formula is C74H78Cl2F6N14O8. The first-order chi connectivity index (χ1) is 49.8. The standard InChI is InChI=1S/2C37H39ClF3N7O4/c2*1-45-19-26(24-7-9-42-18-25(24)36(45)51)22-15-28(38)27(32(16-22)52-2)20-46-10-8-33(37(40,41)21-46)48-13-11-47(12-14-48)31-5-3-23(17-29(31)39)43-30-4-6-34(49)44-35(30)50/h2*3,5,7,9,15-19,30,33,43H,4,6,8,10-14,20-21H2,1-2H3,(H,44,49,50). The minimum absolute atomic E-state index is 0.171. The van der Waals surface area contributed by atoms with Gasteiger partial charge < -0.3 is 39.0 Å². The largest absolute Gasteiger partial charge is 0.496 e. The zero-order valence-electron chi connectivity index (χ0n) is 57.6. The van der Waals surface area contributed by atoms with Crippen LogP contribution in [0, 0.1) is 11.6 Å². The van der Waals surface area contributed by atoms with Crippen LogP contribution in [0.25, 0.3) is 43.8 Å². The van der Waals surface area contributed by atoms with Gasteiger partial charge >= 0.3 is 0 Å². The molecule has 6 saturated heterocycles. The zero-order chi connectivity index (χ0) is 73.5. The number of anilines is 4. The number of nitrogens with one attached hydrogen (secondary N) is 4. The Labute approximate surface area is 604 Å². The maximum atomic E-state index is 15.9. The number of halogens is 8. The van der Waals surface area contributed by atoms with Crippen molar-refractivity contribution >= 4 is 91.1 Å². The molecule has 10 heterocycles. The number of piperidine rings is 4. The number of amides is 4. The monoisotopic (exact) mass is 1470 g/mol. The molecule has 6 fully saturated rings. The van der Waals surface area contributed by atoms with E-state index in [9.17, 15) is 28.8 Å². The summed E-state index contributed by atoms with van der Waals surface area (Å²) in [6.07, 6.45) is 11.3. The van der Waals surface area contributed by atoms with Gasteiger partial charge in [-0.2, -0.15) is 0 Å². The number of aromatic nitrogens is 4. The molecule has 30 heteroatoms. The van der Waals surface area contributed by atoms with Gasteiger partial charge in [-0.15, -0.1) is 0 Å². The first-order valence-electron chi connectivity index (χ1n) is 34.4. The van der Waals surface area contributed by atoms with E-state index < -0.39 is 72.6 Å². The van der Waals surface area contributed by atoms with Crippen LogP contribution in [0.4, 0.5) is 49.1 Å². The lowest BCUT2D eigenvalue weighted by Gasteiger charge is -2.46. The fourth-order valence-electron chi connectivity index (χ4n) is 15.2. The minimum atomic E-state index is -3.00. The molecule has 4 N–H and O–H groups in total. The van der Waals surface area contributed by atoms with Gasteiger partial charge in [0.15, 0.2) is 0 Å². The van der Waals surface area contributed by atoms with Gasteiger partial charge in [-0.25, -0.2) is 26.3 Å². The number of imide groups is 2. The molecule has 4 amide bonds. The van der Waals surface area contributed by atoms with E-state index in [1.54, 1.807) is 107 Å². The Morgan fingerprint density at radius 2 is 0.913 bits per heavy atom. The summed E-state index contributed by atoms with van der Waals surface area (Å²) in [7, 11) is 6.36. The van der Waals surface area contributed by atoms with Gasteiger partial charge in [-0.1, -0.05) is 23.2 Å². The number of fused-ring (bicyclic) bond motifs is 2. The summed E-state index contributed by atoms with van der Waals surface area (Å²) in [5.41, 5.74) is 5.42. The molecule has 0 aliphatic carbocycles. The van der Waals surface area contributed by atoms with Crippen LogP contribution in [0.2, 0.25) is 10.0 Å². The van der Waals surface area contributed by atoms with Crippen molar-refractivity contribution in [3.05, 3.63) is 163 Å². The number of pyridine rings is 4. The number of carbonyl (C=O) groups is 4. The van der Waals surface area contributed by atoms with Crippen LogP contribution in [0.15, 0.2) is 120 Å². The molecule has 0 bridgehead atoms. The molecule has 22 nitrogen and oxygen atoms in total. The van der Waals surface area contributed by atoms with E-state index in [0.29, 0.717) is 155 Å². The van der Waals surface area contributed by atoms with Crippen LogP contribution in [0.5, 0.6) is 11.5 Å². The number of nitrogens with zero attached hydrogens (tertiary/aromatic N) is 10. The normalized spacial score (nSPS) is 21.3. The fourth-order valence-corrected chi connectivity index (χ4v) is 15.8. The fraction of sp³-hybridized carbons (Fsp3) is 0.405. The maximum Gasteiger partial charge on any atom is 0.275 e. The molecule has 0 spiro atoms. The molecule has 104 heavy (non-hydrogen) atoms. The van der Waals surface area contributed by atoms with Gasteiger partial charge in [0.1, 0.15) is 35.2 Å². The topological polar surface area (TPSA) is 224 Å². The molecule has 0 radical (unpaired) electrons. The minimum Gasteiger partial charge on any atom is -0.496 e. The van der Waals surface area contributed by atoms with E-state index in [1.165, 1.54) is 47.9 Å². The SMILES string of the molecule is COc1cc(-c2cn(C)c(=O)c3cnccc23)cc(Cl)c1CN1CCC(N2CCN(c3ccc(NC4CCC(=O)NC4=O)cc3F)CC2)C(F)(F)C1.COc1cc(-c2cn(C)c(=O)c3cnccc23)cc(Cl)c1CN1CCC(N2CCN(c3ccc(NC4CCC(=O)NC4=O)cc3F)CC2)C(F)(F)C1. The van der Waals surface area contributed by atoms with Crippen molar-refractivity contribution in [1.82, 2.24) is 49.3 Å². The van der Waals surface area contributed by atoms with Crippen molar-refractivity contribution in [3.63, 3.8) is 0 Å². The quantitative estimate of drug-likeness (QED) is 0.0522. The van der Waals surface area contributed by atoms with E-state index in [2.05, 4.69) is 31.2 Å². The number of alkyl halides is 4. The molecule has 6 aliphatic rings. The Morgan fingerprint density at radius 1 is 0.519 bits per heavy atom. The number of hydrogen-bond acceptors (Lipinski definition) is 18. The summed E-state index contributed by atoms with van der Waals surface area (Å²) >= 11 is 13.6. The van der Waals surface area contributed by atoms with Crippen LogP contribution >= 0.6 is 23.2 Å². The highest BCUT2D eigenvalue weighted by Gasteiger charge is 2.50. The summed E-state index contributed by atoms with van der Waals surface area (Å²) < 4.78 is 108. The molecule has 4 aromatic heterocycles. The molecule has 4 atom stereocenters. The van der Waals surface area contributed by atoms with E-state index in [0.717, 1.165) is 22.3 Å². The lowest BCUT2D eigenvalue weighted by molar-refractivity contribution is -0.135. The zero-order valence-corrected chi connectivity index (χ0v) is 59.1. The van der Waals surface area contributed by atoms with Crippen molar-refractivity contribution < 1.29 is 55.0 Å². The molecule has 4 aromatic carbocycles. The Morgan fingerprint density at radius 3 is 1.27 bits per heavy atom. The van der Waals surface area contributed by atoms with Gasteiger partial charge in [-0.3, -0.25) is 69.0 Å². The van der Waals surface area contributed by atoms with E-state index in [1.807, 2.05) is 21.9 Å². The van der Waals surface area contributed by atoms with Crippen LogP contribution in [-0.2, 0) is 46.4 Å². The van der Waals surface area contributed by atoms with E-state index in [-0.39, 0.29) is 61.7 Å². The number of likely N-dealkylation sites (tertiary alicyclic amines) is 2. The Balaban J connectivity index is 0.000000185. The smallest absolute Gasteiger partial charge is 0.275 e. The Bertz CT molecular complexity index is 4470. The van der Waals surface area contributed by atoms with Gasteiger partial charge in [0.25, 0.3) is 23.0 Å². The third-order valence-corrected chi connectivity index (χ3v) is 21.3. The average molecular weight is 1480 g/mol. The predicted octanol–water partition coefficient (Wildman–Crippen LogP) is 9.30. The highest BCUT2D eigenvalue weighted by atomic mass is 35.5. The number of carbonyl (C=O) groups excluding carboxylic acids is 4. The predicted molar refractivity (Wildman–Crippen MR) is 385 cm³/mol. The number of rotatable bonds is 16. The number of piperazine rings is 2. The summed E-state index contributed by atoms with van der Waals surface area (Å²) in [5.74, 6) is -7.57. The Kier molecular flexibility index (Phi) is 21.3. The second-order valence-corrected chi connectivity index (χ2v) is 28.1. The summed E-state index contributed by atoms with van der Waals surface area (Å²) in [6, 6.07) is 16.8. The lowest BCUT2D eigenvalue weighted by atomic mass is 9.96. The molecular weight excluding hydrogens is 1400 g/mol. The summed E-state index contributed by atoms with van der Waals surface area (Å²) in [4.78, 5) is 91.3. The van der Waals surface area contributed by atoms with Crippen LogP contribution < -0.4 is 51.7 Å². The number of methoxy groups -OCH3 is 2. The molecule has 0 saturated carbocycles. The van der Waals surface area contributed by atoms with Crippen LogP contribution in [-0.4, -0.2) is 191 Å². The highest BCUT2D eigenvalue weighted by Crippen LogP contribution is 2.42. The summed E-state index contributed by atoms with van der Waals surface area (Å²) in [6.45, 7) is 3.24. The van der Waals surface area contributed by atoms with Gasteiger partial charge in [0.2, 0.25) is 23.6 Å². The van der Waals surface area contributed by atoms with E-state index in [4.69, 9.17) is 32.7 Å². The van der Waals surface area contributed by atoms with Crippen molar-refractivity contribution in [3.8, 4) is 33.8 Å². The number of hydrogen-bond donors (Lipinski definition) is 4. The Hall–Kier alpha value is -9.32. The van der Waals surface area contributed by atoms with Gasteiger partial charge in [0.05, 0.1) is 61.5 Å². The number of ether oxygens (including phenoxy) is 2. The third kappa shape index (κ3) is 15.4. The van der Waals surface area contributed by atoms with Gasteiger partial charge in [0, 0.05) is 186 Å². The second kappa shape index (κ2) is 30.4. The van der Waals surface area contributed by atoms with Gasteiger partial charge in [-0.05, 0) is 120 Å². The molecule has 14 rings (SSSR count). The van der Waals surface area contributed by atoms with Crippen LogP contribution in [0.3, 0.4) is 0 Å². The number of aryl methyl sites for hydroxylation is 2. The van der Waals surface area contributed by atoms with E-state index >= 15 is 26.3 Å². The van der Waals surface area contributed by atoms with Crippen molar-refractivity contribution in [2.24, 2.45) is 14.1 Å². The van der Waals surface area contributed by atoms with Crippen molar-refractivity contribution in [2.75, 3.05) is 113 Å². The first kappa shape index (κ1) is 73.0. The first-order valence-corrected chi connectivity index (χ1v) is 35.2. The third-order valence-electron chi connectivity index (χ3n) is 20.6. The summed E-state index contributed by atoms with van der Waals surface area (Å²) in [5, 5.41) is 13.6. The van der Waals surface area contributed by atoms with Crippen molar-refractivity contribution in [1.29, 1.82) is 0 Å². The lowest BCUT2D eigenvalue weighted by Crippen LogP contribution is -2.61. The highest BCUT2D eigenvalue weighted by molar-refractivity contribution is 6.32. The maximum absolute atomic E-state index is 15.9. The molecule has 6 aliphatic heterocycles.